The molecule has 0 aromatic heterocycles. The largest absolute Gasteiger partial charge is 0.319 e. The summed E-state index contributed by atoms with van der Waals surface area (Å²) in [5.41, 5.74) is 0.491. The van der Waals surface area contributed by atoms with E-state index in [9.17, 15) is 17.6 Å². The van der Waals surface area contributed by atoms with Crippen LogP contribution < -0.4 is 10.0 Å². The van der Waals surface area contributed by atoms with Crippen molar-refractivity contribution >= 4 is 56.4 Å². The first-order valence-electron chi connectivity index (χ1n) is 8.46. The third-order valence-electron chi connectivity index (χ3n) is 4.09. The van der Waals surface area contributed by atoms with E-state index in [0.717, 1.165) is 12.1 Å². The van der Waals surface area contributed by atoms with E-state index in [4.69, 9.17) is 34.8 Å². The summed E-state index contributed by atoms with van der Waals surface area (Å²) in [7, 11) is -4.03. The van der Waals surface area contributed by atoms with Gasteiger partial charge in [-0.2, -0.15) is 0 Å². The quantitative estimate of drug-likeness (QED) is 0.481. The van der Waals surface area contributed by atoms with Crippen molar-refractivity contribution in [3.05, 3.63) is 92.7 Å². The Labute approximate surface area is 187 Å². The van der Waals surface area contributed by atoms with Crippen molar-refractivity contribution in [2.45, 2.75) is 11.4 Å². The Balaban J connectivity index is 1.75. The molecule has 0 spiro atoms. The van der Waals surface area contributed by atoms with E-state index in [1.807, 2.05) is 0 Å². The highest BCUT2D eigenvalue weighted by Gasteiger charge is 2.18. The molecule has 0 bridgehead atoms. The third-order valence-corrected chi connectivity index (χ3v) is 6.40. The van der Waals surface area contributed by atoms with Gasteiger partial charge in [-0.15, -0.1) is 0 Å². The van der Waals surface area contributed by atoms with E-state index in [1.54, 1.807) is 24.3 Å². The molecule has 3 aromatic carbocycles. The maximum absolute atomic E-state index is 14.5. The first-order valence-corrected chi connectivity index (χ1v) is 11.1. The van der Waals surface area contributed by atoms with Gasteiger partial charge in [0.1, 0.15) is 5.82 Å². The van der Waals surface area contributed by atoms with Crippen molar-refractivity contribution in [1.29, 1.82) is 0 Å². The van der Waals surface area contributed by atoms with Crippen molar-refractivity contribution in [3.8, 4) is 0 Å². The standard InChI is InChI=1S/C20H14Cl3FN2O3S/c21-13-6-5-12(17(23)9-13)11-25-30(28,29)14-7-8-19(18(24)10-14)26-20(27)15-3-1-2-4-16(15)22/h1-10,25H,11H2,(H,26,27). The van der Waals surface area contributed by atoms with Crippen molar-refractivity contribution in [1.82, 2.24) is 4.72 Å². The second-order valence-electron chi connectivity index (χ2n) is 6.14. The fourth-order valence-electron chi connectivity index (χ4n) is 2.52. The summed E-state index contributed by atoms with van der Waals surface area (Å²) < 4.78 is 41.8. The van der Waals surface area contributed by atoms with Crippen LogP contribution in [0.1, 0.15) is 15.9 Å². The molecule has 1 amide bonds. The van der Waals surface area contributed by atoms with Crippen molar-refractivity contribution in [3.63, 3.8) is 0 Å². The number of hydrogen-bond acceptors (Lipinski definition) is 3. The zero-order chi connectivity index (χ0) is 21.9. The molecule has 3 rings (SSSR count). The molecule has 0 atom stereocenters. The molecule has 5 nitrogen and oxygen atoms in total. The Hall–Kier alpha value is -2.16. The highest BCUT2D eigenvalue weighted by Crippen LogP contribution is 2.23. The number of amides is 1. The molecule has 0 fully saturated rings. The molecular weight excluding hydrogens is 474 g/mol. The maximum Gasteiger partial charge on any atom is 0.257 e. The molecule has 10 heteroatoms. The van der Waals surface area contributed by atoms with Gasteiger partial charge in [0.15, 0.2) is 0 Å². The van der Waals surface area contributed by atoms with Crippen molar-refractivity contribution < 1.29 is 17.6 Å². The van der Waals surface area contributed by atoms with E-state index in [1.165, 1.54) is 24.3 Å². The SMILES string of the molecule is O=C(Nc1ccc(S(=O)(=O)NCc2ccc(Cl)cc2Cl)cc1F)c1ccccc1Cl. The summed E-state index contributed by atoms with van der Waals surface area (Å²) in [6, 6.07) is 14.1. The summed E-state index contributed by atoms with van der Waals surface area (Å²) in [6.45, 7) is -0.106. The monoisotopic (exact) mass is 486 g/mol. The van der Waals surface area contributed by atoms with Crippen molar-refractivity contribution in [2.24, 2.45) is 0 Å². The molecule has 0 aliphatic carbocycles. The molecule has 156 valence electrons. The fourth-order valence-corrected chi connectivity index (χ4v) is 4.24. The minimum Gasteiger partial charge on any atom is -0.319 e. The molecule has 3 aromatic rings. The molecule has 0 saturated heterocycles. The van der Waals surface area contributed by atoms with Gasteiger partial charge in [0.25, 0.3) is 5.91 Å². The van der Waals surface area contributed by atoms with Crippen LogP contribution in [0.3, 0.4) is 0 Å². The van der Waals surface area contributed by atoms with E-state index >= 15 is 0 Å². The molecule has 0 unspecified atom stereocenters. The minimum absolute atomic E-state index is 0.106. The number of benzene rings is 3. The van der Waals surface area contributed by atoms with Crippen LogP contribution in [-0.2, 0) is 16.6 Å². The number of carbonyl (C=O) groups is 1. The lowest BCUT2D eigenvalue weighted by atomic mass is 10.2. The van der Waals surface area contributed by atoms with Gasteiger partial charge < -0.3 is 5.32 Å². The first kappa shape index (κ1) is 22.5. The molecular formula is C20H14Cl3FN2O3S. The van der Waals surface area contributed by atoms with Gasteiger partial charge in [-0.25, -0.2) is 17.5 Å². The van der Waals surface area contributed by atoms with Crippen LogP contribution in [0.25, 0.3) is 0 Å². The van der Waals surface area contributed by atoms with E-state index in [2.05, 4.69) is 10.0 Å². The topological polar surface area (TPSA) is 75.3 Å². The predicted molar refractivity (Wildman–Crippen MR) is 116 cm³/mol. The Bertz CT molecular complexity index is 1220. The van der Waals surface area contributed by atoms with Gasteiger partial charge in [-0.1, -0.05) is 53.0 Å². The van der Waals surface area contributed by atoms with Crippen LogP contribution in [-0.4, -0.2) is 14.3 Å². The van der Waals surface area contributed by atoms with E-state index in [-0.39, 0.29) is 27.7 Å². The molecule has 0 saturated carbocycles. The Kier molecular flexibility index (Phi) is 7.00. The lowest BCUT2D eigenvalue weighted by Gasteiger charge is -2.11. The number of sulfonamides is 1. The summed E-state index contributed by atoms with van der Waals surface area (Å²) >= 11 is 17.8. The zero-order valence-corrected chi connectivity index (χ0v) is 18.2. The lowest BCUT2D eigenvalue weighted by Crippen LogP contribution is -2.23. The van der Waals surface area contributed by atoms with Crippen LogP contribution in [0, 0.1) is 5.82 Å². The summed E-state index contributed by atoms with van der Waals surface area (Å²) in [4.78, 5) is 12.0. The van der Waals surface area contributed by atoms with Crippen LogP contribution in [0.5, 0.6) is 0 Å². The van der Waals surface area contributed by atoms with E-state index in [0.29, 0.717) is 15.6 Å². The molecule has 0 aliphatic heterocycles. The second-order valence-corrected chi connectivity index (χ2v) is 9.15. The highest BCUT2D eigenvalue weighted by molar-refractivity contribution is 7.89. The van der Waals surface area contributed by atoms with Crippen LogP contribution in [0.2, 0.25) is 15.1 Å². The highest BCUT2D eigenvalue weighted by atomic mass is 35.5. The first-order chi connectivity index (χ1) is 14.2. The number of hydrogen-bond donors (Lipinski definition) is 2. The zero-order valence-electron chi connectivity index (χ0n) is 15.1. The number of nitrogens with one attached hydrogen (secondary N) is 2. The Morgan fingerprint density at radius 3 is 2.33 bits per heavy atom. The summed E-state index contributed by atoms with van der Waals surface area (Å²) in [5.74, 6) is -1.53. The average molecular weight is 488 g/mol. The van der Waals surface area contributed by atoms with Gasteiger partial charge in [-0.05, 0) is 48.0 Å². The van der Waals surface area contributed by atoms with Gasteiger partial charge in [-0.3, -0.25) is 4.79 Å². The van der Waals surface area contributed by atoms with Gasteiger partial charge >= 0.3 is 0 Å². The third kappa shape index (κ3) is 5.30. The molecule has 0 radical (unpaired) electrons. The molecule has 0 heterocycles. The minimum atomic E-state index is -4.03. The smallest absolute Gasteiger partial charge is 0.257 e. The molecule has 0 aliphatic rings. The van der Waals surface area contributed by atoms with Gasteiger partial charge in [0.2, 0.25) is 10.0 Å². The number of halogens is 4. The van der Waals surface area contributed by atoms with Gasteiger partial charge in [0.05, 0.1) is 21.2 Å². The summed E-state index contributed by atoms with van der Waals surface area (Å²) in [6.07, 6.45) is 0. The molecule has 2 N–H and O–H groups in total. The maximum atomic E-state index is 14.5. The summed E-state index contributed by atoms with van der Waals surface area (Å²) in [5, 5.41) is 3.30. The van der Waals surface area contributed by atoms with E-state index < -0.39 is 21.7 Å². The van der Waals surface area contributed by atoms with Crippen LogP contribution >= 0.6 is 34.8 Å². The number of carbonyl (C=O) groups excluding carboxylic acids is 1. The lowest BCUT2D eigenvalue weighted by molar-refractivity contribution is 0.102. The number of anilines is 1. The van der Waals surface area contributed by atoms with Crippen molar-refractivity contribution in [2.75, 3.05) is 5.32 Å². The number of rotatable bonds is 6. The van der Waals surface area contributed by atoms with Crippen LogP contribution in [0.15, 0.2) is 65.6 Å². The van der Waals surface area contributed by atoms with Crippen LogP contribution in [0.4, 0.5) is 10.1 Å². The Morgan fingerprint density at radius 1 is 0.933 bits per heavy atom. The predicted octanol–water partition coefficient (Wildman–Crippen LogP) is 5.52. The average Bonchev–Trinajstić information content (AvgIpc) is 2.69. The Morgan fingerprint density at radius 2 is 1.67 bits per heavy atom. The molecule has 30 heavy (non-hydrogen) atoms. The second kappa shape index (κ2) is 9.32. The normalized spacial score (nSPS) is 11.3. The fraction of sp³-hybridized carbons (Fsp3) is 0.0500. The van der Waals surface area contributed by atoms with Gasteiger partial charge in [0, 0.05) is 16.6 Å².